The monoisotopic (exact) mass is 210 g/mol. The average Bonchev–Trinajstić information content (AvgIpc) is 2.14. The van der Waals surface area contributed by atoms with Crippen LogP contribution >= 0.6 is 0 Å². The van der Waals surface area contributed by atoms with Crippen molar-refractivity contribution < 1.29 is 29.5 Å². The average molecular weight is 210 g/mol. The van der Waals surface area contributed by atoms with E-state index in [1.54, 1.807) is 0 Å². The van der Waals surface area contributed by atoms with Gasteiger partial charge in [-0.05, 0) is 6.92 Å². The highest BCUT2D eigenvalue weighted by Gasteiger charge is 2.33. The SMILES string of the molecule is BOCC(O)C(O)C(O)C(O)C(C)F. The van der Waals surface area contributed by atoms with E-state index >= 15 is 0 Å². The molecule has 7 heteroatoms. The number of alkyl halides is 1. The molecule has 0 aliphatic carbocycles. The van der Waals surface area contributed by atoms with Gasteiger partial charge >= 0.3 is 0 Å². The molecule has 0 aliphatic rings. The summed E-state index contributed by atoms with van der Waals surface area (Å²) in [7, 11) is 1.30. The van der Waals surface area contributed by atoms with Crippen LogP contribution in [-0.2, 0) is 4.65 Å². The van der Waals surface area contributed by atoms with Crippen molar-refractivity contribution in [2.45, 2.75) is 37.5 Å². The van der Waals surface area contributed by atoms with Crippen LogP contribution in [0.15, 0.2) is 0 Å². The summed E-state index contributed by atoms with van der Waals surface area (Å²) in [6.07, 6.45) is -8.14. The molecule has 0 aromatic rings. The largest absolute Gasteiger partial charge is 0.441 e. The number of hydrogen-bond donors (Lipinski definition) is 4. The van der Waals surface area contributed by atoms with Crippen LogP contribution in [0.3, 0.4) is 0 Å². The molecule has 14 heavy (non-hydrogen) atoms. The molecule has 0 fully saturated rings. The first-order valence-electron chi connectivity index (χ1n) is 4.27. The predicted octanol–water partition coefficient (Wildman–Crippen LogP) is -2.65. The molecule has 0 bridgehead atoms. The lowest BCUT2D eigenvalue weighted by Gasteiger charge is -2.26. The maximum atomic E-state index is 12.5. The molecule has 0 amide bonds. The first-order valence-corrected chi connectivity index (χ1v) is 4.27. The molecule has 0 spiro atoms. The summed E-state index contributed by atoms with van der Waals surface area (Å²) in [5.74, 6) is 0. The Morgan fingerprint density at radius 3 is 2.00 bits per heavy atom. The number of hydrogen-bond acceptors (Lipinski definition) is 5. The molecule has 0 saturated carbocycles. The summed E-state index contributed by atoms with van der Waals surface area (Å²) in [5, 5.41) is 36.6. The van der Waals surface area contributed by atoms with Gasteiger partial charge < -0.3 is 25.1 Å². The minimum absolute atomic E-state index is 0.203. The van der Waals surface area contributed by atoms with E-state index in [4.69, 9.17) is 10.2 Å². The third kappa shape index (κ3) is 3.89. The van der Waals surface area contributed by atoms with Crippen LogP contribution in [0, 0.1) is 0 Å². The summed E-state index contributed by atoms with van der Waals surface area (Å²) in [6.45, 7) is 0.842. The van der Waals surface area contributed by atoms with E-state index < -0.39 is 30.6 Å². The van der Waals surface area contributed by atoms with Crippen molar-refractivity contribution in [3.63, 3.8) is 0 Å². The Hall–Kier alpha value is -0.205. The fraction of sp³-hybridized carbons (Fsp3) is 1.00. The van der Waals surface area contributed by atoms with Crippen LogP contribution in [0.4, 0.5) is 4.39 Å². The minimum Gasteiger partial charge on any atom is -0.441 e. The number of rotatable bonds is 6. The van der Waals surface area contributed by atoms with Crippen LogP contribution in [0.5, 0.6) is 0 Å². The smallest absolute Gasteiger partial charge is 0.257 e. The summed E-state index contributed by atoms with van der Waals surface area (Å²) >= 11 is 0. The highest BCUT2D eigenvalue weighted by Crippen LogP contribution is 2.10. The molecule has 0 aromatic heterocycles. The van der Waals surface area contributed by atoms with E-state index in [1.165, 1.54) is 8.05 Å². The van der Waals surface area contributed by atoms with Gasteiger partial charge in [-0.1, -0.05) is 0 Å². The van der Waals surface area contributed by atoms with Crippen molar-refractivity contribution in [3.8, 4) is 0 Å². The van der Waals surface area contributed by atoms with Crippen LogP contribution < -0.4 is 0 Å². The minimum atomic E-state index is -1.74. The molecule has 0 aliphatic heterocycles. The lowest BCUT2D eigenvalue weighted by Crippen LogP contribution is -2.48. The molecule has 5 atom stereocenters. The van der Waals surface area contributed by atoms with Gasteiger partial charge in [0.1, 0.15) is 30.6 Å². The normalized spacial score (nSPS) is 22.4. The predicted molar refractivity (Wildman–Crippen MR) is 49.1 cm³/mol. The zero-order valence-corrected chi connectivity index (χ0v) is 8.17. The van der Waals surface area contributed by atoms with Crippen molar-refractivity contribution >= 4 is 8.05 Å². The van der Waals surface area contributed by atoms with Crippen LogP contribution in [0.1, 0.15) is 6.92 Å². The molecule has 0 saturated heterocycles. The van der Waals surface area contributed by atoms with Gasteiger partial charge in [-0.3, -0.25) is 0 Å². The summed E-state index contributed by atoms with van der Waals surface area (Å²) in [5.41, 5.74) is 0. The van der Waals surface area contributed by atoms with Crippen molar-refractivity contribution in [1.82, 2.24) is 0 Å². The Kier molecular flexibility index (Phi) is 6.22. The van der Waals surface area contributed by atoms with Gasteiger partial charge in [0.15, 0.2) is 0 Å². The molecular formula is C7H16BFO5. The second-order valence-electron chi connectivity index (χ2n) is 3.17. The third-order valence-corrected chi connectivity index (χ3v) is 1.90. The molecule has 84 valence electrons. The number of aliphatic hydroxyl groups excluding tert-OH is 4. The number of halogens is 1. The number of aliphatic hydroxyl groups is 4. The van der Waals surface area contributed by atoms with Crippen molar-refractivity contribution in [2.24, 2.45) is 0 Å². The lowest BCUT2D eigenvalue weighted by molar-refractivity contribution is -0.125. The maximum absolute atomic E-state index is 12.5. The lowest BCUT2D eigenvalue weighted by atomic mass is 10.0. The zero-order chi connectivity index (χ0) is 11.3. The van der Waals surface area contributed by atoms with Gasteiger partial charge in [0.05, 0.1) is 6.61 Å². The summed E-state index contributed by atoms with van der Waals surface area (Å²) < 4.78 is 17.0. The highest BCUT2D eigenvalue weighted by atomic mass is 19.1. The Morgan fingerprint density at radius 1 is 1.14 bits per heavy atom. The Morgan fingerprint density at radius 2 is 1.64 bits per heavy atom. The second kappa shape index (κ2) is 6.31. The quantitative estimate of drug-likeness (QED) is 0.359. The first kappa shape index (κ1) is 13.8. The van der Waals surface area contributed by atoms with E-state index in [1.807, 2.05) is 0 Å². The Bertz CT molecular complexity index is 159. The fourth-order valence-corrected chi connectivity index (χ4v) is 0.971. The molecule has 5 unspecified atom stereocenters. The van der Waals surface area contributed by atoms with Gasteiger partial charge in [0.2, 0.25) is 0 Å². The Labute approximate surface area is 82.6 Å². The van der Waals surface area contributed by atoms with Gasteiger partial charge in [0, 0.05) is 0 Å². The van der Waals surface area contributed by atoms with Crippen LogP contribution in [0.2, 0.25) is 0 Å². The van der Waals surface area contributed by atoms with Gasteiger partial charge in [0.25, 0.3) is 8.05 Å². The van der Waals surface area contributed by atoms with E-state index in [-0.39, 0.29) is 6.61 Å². The fourth-order valence-electron chi connectivity index (χ4n) is 0.971. The zero-order valence-electron chi connectivity index (χ0n) is 8.17. The molecule has 4 N–H and O–H groups in total. The van der Waals surface area contributed by atoms with E-state index in [9.17, 15) is 14.6 Å². The topological polar surface area (TPSA) is 90.2 Å². The molecular weight excluding hydrogens is 194 g/mol. The molecule has 0 heterocycles. The van der Waals surface area contributed by atoms with Crippen LogP contribution in [-0.4, -0.2) is 65.7 Å². The van der Waals surface area contributed by atoms with Crippen molar-refractivity contribution in [1.29, 1.82) is 0 Å². The van der Waals surface area contributed by atoms with E-state index in [0.717, 1.165) is 6.92 Å². The van der Waals surface area contributed by atoms with Gasteiger partial charge in [-0.25, -0.2) is 4.39 Å². The van der Waals surface area contributed by atoms with E-state index in [2.05, 4.69) is 4.65 Å². The van der Waals surface area contributed by atoms with Gasteiger partial charge in [-0.2, -0.15) is 0 Å². The van der Waals surface area contributed by atoms with Crippen molar-refractivity contribution in [3.05, 3.63) is 0 Å². The molecule has 5 nitrogen and oxygen atoms in total. The Balaban J connectivity index is 4.15. The molecule has 0 rings (SSSR count). The van der Waals surface area contributed by atoms with E-state index in [0.29, 0.717) is 0 Å². The molecule has 0 radical (unpaired) electrons. The van der Waals surface area contributed by atoms with Gasteiger partial charge in [-0.15, -0.1) is 0 Å². The second-order valence-corrected chi connectivity index (χ2v) is 3.17. The van der Waals surface area contributed by atoms with Crippen molar-refractivity contribution in [2.75, 3.05) is 6.61 Å². The standard InChI is InChI=1S/C7H16BFO5/c1-3(9)5(11)7(13)6(12)4(10)2-14-8/h3-7,10-13H,2,8H2,1H3. The summed E-state index contributed by atoms with van der Waals surface area (Å²) in [6, 6.07) is 0. The highest BCUT2D eigenvalue weighted by molar-refractivity contribution is 5.97. The molecule has 0 aromatic carbocycles. The third-order valence-electron chi connectivity index (χ3n) is 1.90. The summed E-state index contributed by atoms with van der Waals surface area (Å²) in [4.78, 5) is 0. The first-order chi connectivity index (χ1) is 6.41. The maximum Gasteiger partial charge on any atom is 0.257 e. The van der Waals surface area contributed by atoms with Crippen LogP contribution in [0.25, 0.3) is 0 Å².